The maximum atomic E-state index is 5.43. The van der Waals surface area contributed by atoms with Gasteiger partial charge in [0, 0.05) is 22.1 Å². The molecule has 0 saturated carbocycles. The van der Waals surface area contributed by atoms with Gasteiger partial charge in [-0.05, 0) is 68.4 Å². The minimum Gasteiger partial charge on any atom is -0.292 e. The zero-order valence-corrected chi connectivity index (χ0v) is 29.1. The molecule has 3 heterocycles. The summed E-state index contributed by atoms with van der Waals surface area (Å²) in [4.78, 5) is 16.0. The molecule has 0 N–H and O–H groups in total. The van der Waals surface area contributed by atoms with Gasteiger partial charge in [0.1, 0.15) is 5.82 Å². The number of benzene rings is 8. The SMILES string of the molecule is c1ccc(-c2nc3cccc4c3n2-c2ccccc2C42c3ccccc3-c3ccc(-c4nc(-c5cccc6ccccc56)c5ccccc5n4)cc32)cc1. The highest BCUT2D eigenvalue weighted by atomic mass is 15.1. The van der Waals surface area contributed by atoms with Crippen LogP contribution in [0.3, 0.4) is 0 Å². The number of para-hydroxylation sites is 3. The monoisotopic (exact) mass is 686 g/mol. The van der Waals surface area contributed by atoms with Gasteiger partial charge in [-0.3, -0.25) is 4.57 Å². The average Bonchev–Trinajstić information content (AvgIpc) is 3.77. The Morgan fingerprint density at radius 2 is 1.07 bits per heavy atom. The third-order valence-electron chi connectivity index (χ3n) is 11.6. The molecule has 2 aromatic heterocycles. The smallest absolute Gasteiger partial charge is 0.160 e. The highest BCUT2D eigenvalue weighted by molar-refractivity contribution is 6.04. The minimum atomic E-state index is -0.586. The van der Waals surface area contributed by atoms with E-state index >= 15 is 0 Å². The van der Waals surface area contributed by atoms with Gasteiger partial charge in [0.15, 0.2) is 5.82 Å². The molecule has 250 valence electrons. The molecule has 10 aromatic rings. The van der Waals surface area contributed by atoms with Crippen molar-refractivity contribution < 1.29 is 0 Å². The summed E-state index contributed by atoms with van der Waals surface area (Å²) in [7, 11) is 0. The molecule has 54 heavy (non-hydrogen) atoms. The Kier molecular flexibility index (Phi) is 5.95. The molecule has 1 spiro atoms. The largest absolute Gasteiger partial charge is 0.292 e. The lowest BCUT2D eigenvalue weighted by Gasteiger charge is -2.39. The van der Waals surface area contributed by atoms with Crippen LogP contribution in [0.5, 0.6) is 0 Å². The molecule has 1 atom stereocenters. The van der Waals surface area contributed by atoms with E-state index in [4.69, 9.17) is 15.0 Å². The Bertz CT molecular complexity index is 3170. The Balaban J connectivity index is 1.16. The highest BCUT2D eigenvalue weighted by Crippen LogP contribution is 2.61. The fourth-order valence-electron chi connectivity index (χ4n) is 9.42. The van der Waals surface area contributed by atoms with E-state index in [0.29, 0.717) is 5.82 Å². The summed E-state index contributed by atoms with van der Waals surface area (Å²) in [6.07, 6.45) is 0. The molecule has 0 radical (unpaired) electrons. The van der Waals surface area contributed by atoms with Gasteiger partial charge in [0.25, 0.3) is 0 Å². The molecule has 1 unspecified atom stereocenters. The molecule has 0 fully saturated rings. The number of hydrogen-bond donors (Lipinski definition) is 0. The maximum Gasteiger partial charge on any atom is 0.160 e. The molecule has 12 rings (SSSR count). The van der Waals surface area contributed by atoms with Crippen LogP contribution in [-0.4, -0.2) is 19.5 Å². The summed E-state index contributed by atoms with van der Waals surface area (Å²) in [5, 5.41) is 3.41. The highest BCUT2D eigenvalue weighted by Gasteiger charge is 2.51. The van der Waals surface area contributed by atoms with Gasteiger partial charge in [-0.2, -0.15) is 0 Å². The van der Waals surface area contributed by atoms with Crippen molar-refractivity contribution in [2.45, 2.75) is 5.41 Å². The van der Waals surface area contributed by atoms with Crippen molar-refractivity contribution in [1.82, 2.24) is 19.5 Å². The Labute approximate surface area is 311 Å². The first-order valence-electron chi connectivity index (χ1n) is 18.5. The number of nitrogens with zero attached hydrogens (tertiary/aromatic N) is 4. The zero-order chi connectivity index (χ0) is 35.4. The van der Waals surface area contributed by atoms with E-state index in [1.807, 2.05) is 0 Å². The normalized spacial score (nSPS) is 15.1. The lowest BCUT2D eigenvalue weighted by Crippen LogP contribution is -2.33. The van der Waals surface area contributed by atoms with Crippen LogP contribution in [0.2, 0.25) is 0 Å². The fourth-order valence-corrected chi connectivity index (χ4v) is 9.42. The number of aromatic nitrogens is 4. The first-order chi connectivity index (χ1) is 26.8. The molecular formula is C50H30N4. The van der Waals surface area contributed by atoms with Crippen LogP contribution in [0.15, 0.2) is 182 Å². The second-order valence-corrected chi connectivity index (χ2v) is 14.3. The third-order valence-corrected chi connectivity index (χ3v) is 11.6. The standard InChI is InChI=1S/C50H30N4/c1-2-15-32(16-3-1)49-52-44-26-13-24-41-47(44)54(49)45-27-11-9-23-40(45)50(41)39-22-8-6-19-35(39)36-29-28-33(30-42(36)50)48-51-43-25-10-7-20-38(43)46(53-48)37-21-12-17-31-14-4-5-18-34(31)37/h1-30H. The van der Waals surface area contributed by atoms with Crippen LogP contribution >= 0.6 is 0 Å². The summed E-state index contributed by atoms with van der Waals surface area (Å²) in [5.74, 6) is 1.66. The Hall–Kier alpha value is -7.17. The van der Waals surface area contributed by atoms with Gasteiger partial charge in [-0.15, -0.1) is 0 Å². The van der Waals surface area contributed by atoms with Crippen LogP contribution in [0.25, 0.3) is 83.6 Å². The minimum absolute atomic E-state index is 0.586. The molecule has 4 heteroatoms. The van der Waals surface area contributed by atoms with E-state index in [1.165, 1.54) is 44.2 Å². The van der Waals surface area contributed by atoms with Crippen molar-refractivity contribution in [1.29, 1.82) is 0 Å². The molecule has 0 bridgehead atoms. The predicted octanol–water partition coefficient (Wildman–Crippen LogP) is 11.8. The van der Waals surface area contributed by atoms with Crippen LogP contribution in [0.1, 0.15) is 22.3 Å². The predicted molar refractivity (Wildman–Crippen MR) is 219 cm³/mol. The van der Waals surface area contributed by atoms with Crippen LogP contribution in [-0.2, 0) is 5.41 Å². The molecule has 4 nitrogen and oxygen atoms in total. The number of fused-ring (bicyclic) bond motifs is 11. The van der Waals surface area contributed by atoms with E-state index in [0.717, 1.165) is 55.8 Å². The van der Waals surface area contributed by atoms with E-state index in [-0.39, 0.29) is 0 Å². The van der Waals surface area contributed by atoms with Crippen LogP contribution in [0.4, 0.5) is 0 Å². The lowest BCUT2D eigenvalue weighted by atomic mass is 9.65. The maximum absolute atomic E-state index is 5.43. The van der Waals surface area contributed by atoms with Crippen molar-refractivity contribution >= 4 is 32.7 Å². The van der Waals surface area contributed by atoms with E-state index in [9.17, 15) is 0 Å². The van der Waals surface area contributed by atoms with Crippen molar-refractivity contribution in [3.05, 3.63) is 204 Å². The molecule has 8 aromatic carbocycles. The molecule has 0 amide bonds. The van der Waals surface area contributed by atoms with E-state index in [2.05, 4.69) is 187 Å². The van der Waals surface area contributed by atoms with E-state index < -0.39 is 5.41 Å². The van der Waals surface area contributed by atoms with Gasteiger partial charge >= 0.3 is 0 Å². The van der Waals surface area contributed by atoms with Crippen molar-refractivity contribution in [2.75, 3.05) is 0 Å². The topological polar surface area (TPSA) is 43.6 Å². The molecule has 1 aliphatic heterocycles. The quantitative estimate of drug-likeness (QED) is 0.186. The fraction of sp³-hybridized carbons (Fsp3) is 0.0200. The molecular weight excluding hydrogens is 657 g/mol. The number of imidazole rings is 1. The Morgan fingerprint density at radius 3 is 2.00 bits per heavy atom. The molecule has 0 saturated heterocycles. The lowest BCUT2D eigenvalue weighted by molar-refractivity contribution is 0.746. The summed E-state index contributed by atoms with van der Waals surface area (Å²) in [5.41, 5.74) is 15.2. The summed E-state index contributed by atoms with van der Waals surface area (Å²) >= 11 is 0. The van der Waals surface area contributed by atoms with Crippen LogP contribution < -0.4 is 0 Å². The van der Waals surface area contributed by atoms with Gasteiger partial charge in [-0.25, -0.2) is 15.0 Å². The zero-order valence-electron chi connectivity index (χ0n) is 29.1. The summed E-state index contributed by atoms with van der Waals surface area (Å²) in [6, 6.07) is 65.3. The van der Waals surface area contributed by atoms with Crippen LogP contribution in [0, 0.1) is 0 Å². The summed E-state index contributed by atoms with van der Waals surface area (Å²) in [6.45, 7) is 0. The average molecular weight is 687 g/mol. The van der Waals surface area contributed by atoms with Crippen molar-refractivity contribution in [2.24, 2.45) is 0 Å². The second kappa shape index (κ2) is 10.9. The number of rotatable bonds is 3. The van der Waals surface area contributed by atoms with Crippen molar-refractivity contribution in [3.8, 4) is 50.8 Å². The second-order valence-electron chi connectivity index (χ2n) is 14.3. The van der Waals surface area contributed by atoms with Crippen molar-refractivity contribution in [3.63, 3.8) is 0 Å². The van der Waals surface area contributed by atoms with Gasteiger partial charge in [0.05, 0.1) is 33.3 Å². The van der Waals surface area contributed by atoms with E-state index in [1.54, 1.807) is 0 Å². The number of hydrogen-bond acceptors (Lipinski definition) is 3. The first-order valence-corrected chi connectivity index (χ1v) is 18.5. The first kappa shape index (κ1) is 29.4. The van der Waals surface area contributed by atoms with Gasteiger partial charge in [0.2, 0.25) is 0 Å². The van der Waals surface area contributed by atoms with Gasteiger partial charge < -0.3 is 0 Å². The van der Waals surface area contributed by atoms with Gasteiger partial charge in [-0.1, -0.05) is 158 Å². The Morgan fingerprint density at radius 1 is 0.407 bits per heavy atom. The molecule has 1 aliphatic carbocycles. The molecule has 2 aliphatic rings. The third kappa shape index (κ3) is 3.84. The summed E-state index contributed by atoms with van der Waals surface area (Å²) < 4.78 is 2.38.